The van der Waals surface area contributed by atoms with E-state index < -0.39 is 0 Å². The van der Waals surface area contributed by atoms with Crippen molar-refractivity contribution in [2.24, 2.45) is 5.41 Å². The lowest BCUT2D eigenvalue weighted by atomic mass is 9.64. The number of anilines is 1. The quantitative estimate of drug-likeness (QED) is 0.913. The van der Waals surface area contributed by atoms with E-state index in [0.29, 0.717) is 11.4 Å². The largest absolute Gasteiger partial charge is 0.381 e. The third-order valence-corrected chi connectivity index (χ3v) is 5.39. The molecule has 4 rings (SSSR count). The molecular weight excluding hydrogens is 316 g/mol. The lowest BCUT2D eigenvalue weighted by molar-refractivity contribution is -0.109. The average Bonchev–Trinajstić information content (AvgIpc) is 2.63. The second-order valence-electron chi connectivity index (χ2n) is 6.88. The SMILES string of the molecule is Cc1nnccc1NC(=O)N1CC2(CCOCC2)C1c1ccccc1. The summed E-state index contributed by atoms with van der Waals surface area (Å²) in [6.45, 7) is 4.14. The zero-order valence-electron chi connectivity index (χ0n) is 14.3. The molecule has 0 radical (unpaired) electrons. The van der Waals surface area contributed by atoms with Crippen molar-refractivity contribution in [3.05, 3.63) is 53.9 Å². The van der Waals surface area contributed by atoms with Crippen LogP contribution in [-0.4, -0.2) is 40.9 Å². The van der Waals surface area contributed by atoms with Gasteiger partial charge < -0.3 is 15.0 Å². The first-order valence-electron chi connectivity index (χ1n) is 8.68. The summed E-state index contributed by atoms with van der Waals surface area (Å²) in [6, 6.07) is 12.1. The van der Waals surface area contributed by atoms with Crippen LogP contribution in [0.25, 0.3) is 0 Å². The molecule has 1 unspecified atom stereocenters. The molecule has 1 aromatic heterocycles. The van der Waals surface area contributed by atoms with Gasteiger partial charge in [-0.3, -0.25) is 0 Å². The van der Waals surface area contributed by atoms with Gasteiger partial charge in [-0.05, 0) is 31.4 Å². The molecule has 3 heterocycles. The molecule has 1 atom stereocenters. The number of urea groups is 1. The zero-order valence-corrected chi connectivity index (χ0v) is 14.3. The number of nitrogens with one attached hydrogen (secondary N) is 1. The van der Waals surface area contributed by atoms with Crippen molar-refractivity contribution >= 4 is 11.7 Å². The van der Waals surface area contributed by atoms with Crippen molar-refractivity contribution in [2.45, 2.75) is 25.8 Å². The molecule has 0 saturated carbocycles. The van der Waals surface area contributed by atoms with E-state index in [4.69, 9.17) is 4.74 Å². The van der Waals surface area contributed by atoms with E-state index in [1.807, 2.05) is 30.0 Å². The third-order valence-electron chi connectivity index (χ3n) is 5.39. The van der Waals surface area contributed by atoms with Gasteiger partial charge in [0, 0.05) is 25.2 Å². The first-order chi connectivity index (χ1) is 12.2. The Balaban J connectivity index is 1.58. The number of hydrogen-bond acceptors (Lipinski definition) is 4. The Morgan fingerprint density at radius 3 is 2.72 bits per heavy atom. The Morgan fingerprint density at radius 2 is 2.00 bits per heavy atom. The van der Waals surface area contributed by atoms with Crippen LogP contribution in [0.2, 0.25) is 0 Å². The minimum Gasteiger partial charge on any atom is -0.381 e. The highest BCUT2D eigenvalue weighted by Crippen LogP contribution is 2.54. The maximum Gasteiger partial charge on any atom is 0.322 e. The van der Waals surface area contributed by atoms with E-state index in [1.165, 1.54) is 5.56 Å². The first-order valence-corrected chi connectivity index (χ1v) is 8.68. The molecule has 2 aliphatic rings. The fraction of sp³-hybridized carbons (Fsp3) is 0.421. The molecule has 2 saturated heterocycles. The fourth-order valence-electron chi connectivity index (χ4n) is 4.02. The van der Waals surface area contributed by atoms with Crippen molar-refractivity contribution in [3.63, 3.8) is 0 Å². The predicted molar refractivity (Wildman–Crippen MR) is 94.2 cm³/mol. The van der Waals surface area contributed by atoms with Crippen molar-refractivity contribution < 1.29 is 9.53 Å². The van der Waals surface area contributed by atoms with E-state index in [0.717, 1.165) is 32.6 Å². The van der Waals surface area contributed by atoms with E-state index in [-0.39, 0.29) is 17.5 Å². The van der Waals surface area contributed by atoms with Crippen LogP contribution < -0.4 is 5.32 Å². The molecule has 1 N–H and O–H groups in total. The molecule has 6 nitrogen and oxygen atoms in total. The van der Waals surface area contributed by atoms with Crippen LogP contribution in [0.15, 0.2) is 42.6 Å². The van der Waals surface area contributed by atoms with E-state index in [9.17, 15) is 4.79 Å². The number of carbonyl (C=O) groups excluding carboxylic acids is 1. The van der Waals surface area contributed by atoms with Crippen molar-refractivity contribution in [1.82, 2.24) is 15.1 Å². The molecule has 130 valence electrons. The third kappa shape index (κ3) is 2.87. The molecule has 0 aliphatic carbocycles. The van der Waals surface area contributed by atoms with Gasteiger partial charge >= 0.3 is 6.03 Å². The van der Waals surface area contributed by atoms with Crippen molar-refractivity contribution in [2.75, 3.05) is 25.1 Å². The van der Waals surface area contributed by atoms with Gasteiger partial charge in [0.1, 0.15) is 0 Å². The number of aromatic nitrogens is 2. The summed E-state index contributed by atoms with van der Waals surface area (Å²) >= 11 is 0. The number of ether oxygens (including phenoxy) is 1. The molecule has 25 heavy (non-hydrogen) atoms. The van der Waals surface area contributed by atoms with Crippen LogP contribution in [0.1, 0.15) is 30.1 Å². The minimum atomic E-state index is -0.0814. The highest BCUT2D eigenvalue weighted by Gasteiger charge is 2.55. The summed E-state index contributed by atoms with van der Waals surface area (Å²) < 4.78 is 5.56. The summed E-state index contributed by atoms with van der Waals surface area (Å²) in [4.78, 5) is 14.8. The van der Waals surface area contributed by atoms with Gasteiger partial charge in [-0.15, -0.1) is 0 Å². The first kappa shape index (κ1) is 16.0. The summed E-state index contributed by atoms with van der Waals surface area (Å²) in [7, 11) is 0. The number of likely N-dealkylation sites (tertiary alicyclic amines) is 1. The molecule has 2 amide bonds. The number of carbonyl (C=O) groups is 1. The number of amides is 2. The van der Waals surface area contributed by atoms with Crippen LogP contribution in [0.3, 0.4) is 0 Å². The molecule has 2 aromatic rings. The van der Waals surface area contributed by atoms with Crippen molar-refractivity contribution in [1.29, 1.82) is 0 Å². The fourth-order valence-corrected chi connectivity index (χ4v) is 4.02. The van der Waals surface area contributed by atoms with Gasteiger partial charge in [-0.25, -0.2) is 4.79 Å². The number of benzene rings is 1. The Bertz CT molecular complexity index is 759. The molecule has 2 fully saturated rings. The van der Waals surface area contributed by atoms with E-state index >= 15 is 0 Å². The molecule has 2 aliphatic heterocycles. The van der Waals surface area contributed by atoms with Crippen LogP contribution in [-0.2, 0) is 4.74 Å². The lowest BCUT2D eigenvalue weighted by Crippen LogP contribution is -2.63. The van der Waals surface area contributed by atoms with Crippen molar-refractivity contribution in [3.8, 4) is 0 Å². The normalized spacial score (nSPS) is 21.6. The molecule has 0 bridgehead atoms. The molecular formula is C19H22N4O2. The number of hydrogen-bond donors (Lipinski definition) is 1. The monoisotopic (exact) mass is 338 g/mol. The maximum absolute atomic E-state index is 12.9. The van der Waals surface area contributed by atoms with Crippen LogP contribution in [0.4, 0.5) is 10.5 Å². The lowest BCUT2D eigenvalue weighted by Gasteiger charge is -2.59. The Labute approximate surface area is 147 Å². The van der Waals surface area contributed by atoms with E-state index in [2.05, 4.69) is 27.6 Å². The van der Waals surface area contributed by atoms with Gasteiger partial charge in [-0.2, -0.15) is 10.2 Å². The zero-order chi connectivity index (χ0) is 17.3. The Kier molecular flexibility index (Phi) is 4.13. The van der Waals surface area contributed by atoms with Crippen LogP contribution >= 0.6 is 0 Å². The summed E-state index contributed by atoms with van der Waals surface area (Å²) in [5.41, 5.74) is 2.74. The topological polar surface area (TPSA) is 67.4 Å². The summed E-state index contributed by atoms with van der Waals surface area (Å²) in [5, 5.41) is 10.8. The second-order valence-corrected chi connectivity index (χ2v) is 6.88. The van der Waals surface area contributed by atoms with Crippen LogP contribution in [0.5, 0.6) is 0 Å². The number of aryl methyl sites for hydroxylation is 1. The Hall–Kier alpha value is -2.47. The smallest absolute Gasteiger partial charge is 0.322 e. The highest BCUT2D eigenvalue weighted by molar-refractivity contribution is 5.90. The molecule has 1 aromatic carbocycles. The number of nitrogens with zero attached hydrogens (tertiary/aromatic N) is 3. The average molecular weight is 338 g/mol. The molecule has 6 heteroatoms. The minimum absolute atomic E-state index is 0.0814. The maximum atomic E-state index is 12.9. The second kappa shape index (κ2) is 6.44. The van der Waals surface area contributed by atoms with Gasteiger partial charge in [-0.1, -0.05) is 30.3 Å². The summed E-state index contributed by atoms with van der Waals surface area (Å²) in [5.74, 6) is 0. The number of rotatable bonds is 2. The van der Waals surface area contributed by atoms with Crippen LogP contribution in [0, 0.1) is 12.3 Å². The van der Waals surface area contributed by atoms with E-state index in [1.54, 1.807) is 12.3 Å². The van der Waals surface area contributed by atoms with Gasteiger partial charge in [0.2, 0.25) is 0 Å². The van der Waals surface area contributed by atoms with Gasteiger partial charge in [0.25, 0.3) is 0 Å². The predicted octanol–water partition coefficient (Wildman–Crippen LogP) is 3.17. The van der Waals surface area contributed by atoms with Gasteiger partial charge in [0.15, 0.2) is 0 Å². The Morgan fingerprint density at radius 1 is 1.24 bits per heavy atom. The molecule has 1 spiro atoms. The highest BCUT2D eigenvalue weighted by atomic mass is 16.5. The van der Waals surface area contributed by atoms with Gasteiger partial charge in [0.05, 0.1) is 23.6 Å². The summed E-state index contributed by atoms with van der Waals surface area (Å²) in [6.07, 6.45) is 3.58. The standard InChI is InChI=1S/C19H22N4O2/c1-14-16(7-10-20-22-14)21-18(24)23-13-19(8-11-25-12-9-19)17(23)15-5-3-2-4-6-15/h2-7,10,17H,8-9,11-13H2,1H3,(H,20,21,24).